The largest absolute Gasteiger partial charge is 0.394 e. The van der Waals surface area contributed by atoms with Gasteiger partial charge in [0.1, 0.15) is 24.5 Å². The first-order valence-corrected chi connectivity index (χ1v) is 7.40. The first-order valence-electron chi connectivity index (χ1n) is 7.40. The van der Waals surface area contributed by atoms with Crippen LogP contribution in [0.5, 0.6) is 0 Å². The third-order valence-electron chi connectivity index (χ3n) is 4.20. The molecule has 0 saturated carbocycles. The number of fused-ring (bicyclic) bond motifs is 1. The highest BCUT2D eigenvalue weighted by Crippen LogP contribution is 2.40. The average molecular weight is 301 g/mol. The molecule has 3 saturated heterocycles. The number of carbonyl (C=O) groups is 1. The van der Waals surface area contributed by atoms with Crippen LogP contribution in [0, 0.1) is 11.8 Å². The molecule has 0 bridgehead atoms. The molecule has 3 aliphatic rings. The van der Waals surface area contributed by atoms with Crippen molar-refractivity contribution in [2.75, 3.05) is 6.61 Å². The van der Waals surface area contributed by atoms with Crippen LogP contribution in [0.1, 0.15) is 27.7 Å². The van der Waals surface area contributed by atoms with E-state index in [1.54, 1.807) is 0 Å². The Morgan fingerprint density at radius 1 is 1.38 bits per heavy atom. The highest BCUT2D eigenvalue weighted by atomic mass is 16.8. The summed E-state index contributed by atoms with van der Waals surface area (Å²) in [6.07, 6.45) is -2.29. The number of hydrogen-bond donors (Lipinski definition) is 2. The first kappa shape index (κ1) is 15.2. The molecular formula is C14H23NO6. The SMILES string of the molecule is CC(C)[C@H]1C(=O)N[C@@H]1O[C@@H]1[C@H]2OC(C)(C)O[C@H]2O[C@@H]1CO. The molecule has 0 aromatic heterocycles. The van der Waals surface area contributed by atoms with E-state index in [4.69, 9.17) is 18.9 Å². The van der Waals surface area contributed by atoms with Crippen LogP contribution in [-0.2, 0) is 23.7 Å². The topological polar surface area (TPSA) is 86.3 Å². The van der Waals surface area contributed by atoms with Crippen LogP contribution in [0.2, 0.25) is 0 Å². The van der Waals surface area contributed by atoms with Crippen LogP contribution in [0.3, 0.4) is 0 Å². The number of aliphatic hydroxyl groups excluding tert-OH is 1. The Morgan fingerprint density at radius 3 is 2.67 bits per heavy atom. The fourth-order valence-electron chi connectivity index (χ4n) is 3.17. The second-order valence-corrected chi connectivity index (χ2v) is 6.63. The monoisotopic (exact) mass is 301 g/mol. The molecule has 0 spiro atoms. The van der Waals surface area contributed by atoms with Crippen LogP contribution in [0.15, 0.2) is 0 Å². The van der Waals surface area contributed by atoms with Gasteiger partial charge in [0.2, 0.25) is 5.91 Å². The minimum absolute atomic E-state index is 0.00469. The molecule has 3 fully saturated rings. The molecule has 3 rings (SSSR count). The number of rotatable bonds is 4. The van der Waals surface area contributed by atoms with E-state index < -0.39 is 30.4 Å². The minimum Gasteiger partial charge on any atom is -0.394 e. The van der Waals surface area contributed by atoms with Gasteiger partial charge in [-0.05, 0) is 19.8 Å². The lowest BCUT2D eigenvalue weighted by Gasteiger charge is -2.41. The van der Waals surface area contributed by atoms with Crippen LogP contribution >= 0.6 is 0 Å². The number of amides is 1. The third kappa shape index (κ3) is 2.57. The van der Waals surface area contributed by atoms with Gasteiger partial charge < -0.3 is 29.4 Å². The molecule has 0 radical (unpaired) electrons. The van der Waals surface area contributed by atoms with Crippen molar-refractivity contribution in [2.45, 2.75) is 64.3 Å². The number of nitrogens with one attached hydrogen (secondary N) is 1. The fraction of sp³-hybridized carbons (Fsp3) is 0.929. The zero-order chi connectivity index (χ0) is 15.4. The van der Waals surface area contributed by atoms with Crippen LogP contribution < -0.4 is 5.32 Å². The molecule has 3 aliphatic heterocycles. The quantitative estimate of drug-likeness (QED) is 0.709. The Balaban J connectivity index is 1.69. The van der Waals surface area contributed by atoms with Gasteiger partial charge in [-0.25, -0.2) is 0 Å². The van der Waals surface area contributed by atoms with E-state index in [1.807, 2.05) is 27.7 Å². The van der Waals surface area contributed by atoms with Gasteiger partial charge in [-0.3, -0.25) is 4.79 Å². The highest BCUT2D eigenvalue weighted by Gasteiger charge is 2.57. The van der Waals surface area contributed by atoms with Gasteiger partial charge in [0.15, 0.2) is 12.1 Å². The number of ether oxygens (including phenoxy) is 4. The van der Waals surface area contributed by atoms with Gasteiger partial charge in [-0.1, -0.05) is 13.8 Å². The van der Waals surface area contributed by atoms with Gasteiger partial charge in [-0.2, -0.15) is 0 Å². The summed E-state index contributed by atoms with van der Waals surface area (Å²) < 4.78 is 23.1. The molecule has 21 heavy (non-hydrogen) atoms. The second-order valence-electron chi connectivity index (χ2n) is 6.63. The maximum absolute atomic E-state index is 11.6. The molecule has 0 unspecified atom stereocenters. The van der Waals surface area contributed by atoms with Crippen molar-refractivity contribution in [3.8, 4) is 0 Å². The lowest BCUT2D eigenvalue weighted by Crippen LogP contribution is -2.63. The summed E-state index contributed by atoms with van der Waals surface area (Å²) in [6.45, 7) is 7.40. The summed E-state index contributed by atoms with van der Waals surface area (Å²) in [5.41, 5.74) is 0. The van der Waals surface area contributed by atoms with Gasteiger partial charge in [-0.15, -0.1) is 0 Å². The van der Waals surface area contributed by atoms with Crippen molar-refractivity contribution in [1.29, 1.82) is 0 Å². The molecule has 120 valence electrons. The number of aliphatic hydroxyl groups is 1. The van der Waals surface area contributed by atoms with Crippen LogP contribution in [0.25, 0.3) is 0 Å². The Morgan fingerprint density at radius 2 is 2.10 bits per heavy atom. The molecular weight excluding hydrogens is 278 g/mol. The van der Waals surface area contributed by atoms with E-state index in [1.165, 1.54) is 0 Å². The van der Waals surface area contributed by atoms with E-state index in [0.717, 1.165) is 0 Å². The van der Waals surface area contributed by atoms with E-state index in [2.05, 4.69) is 5.32 Å². The number of hydrogen-bond acceptors (Lipinski definition) is 6. The normalized spacial score (nSPS) is 44.6. The Labute approximate surface area is 123 Å². The zero-order valence-corrected chi connectivity index (χ0v) is 12.7. The molecule has 0 aliphatic carbocycles. The molecule has 0 aromatic rings. The molecule has 6 atom stereocenters. The van der Waals surface area contributed by atoms with E-state index >= 15 is 0 Å². The molecule has 3 heterocycles. The molecule has 7 heteroatoms. The summed E-state index contributed by atoms with van der Waals surface area (Å²) in [5.74, 6) is -0.738. The van der Waals surface area contributed by atoms with Crippen molar-refractivity contribution >= 4 is 5.91 Å². The van der Waals surface area contributed by atoms with Crippen molar-refractivity contribution in [2.24, 2.45) is 11.8 Å². The average Bonchev–Trinajstić information content (AvgIpc) is 2.80. The fourth-order valence-corrected chi connectivity index (χ4v) is 3.17. The maximum atomic E-state index is 11.6. The van der Waals surface area contributed by atoms with Crippen LogP contribution in [-0.4, -0.2) is 54.2 Å². The summed E-state index contributed by atoms with van der Waals surface area (Å²) >= 11 is 0. The number of carbonyl (C=O) groups excluding carboxylic acids is 1. The van der Waals surface area contributed by atoms with Crippen molar-refractivity contribution in [3.63, 3.8) is 0 Å². The lowest BCUT2D eigenvalue weighted by molar-refractivity contribution is -0.233. The Bertz CT molecular complexity index is 426. The predicted molar refractivity (Wildman–Crippen MR) is 70.9 cm³/mol. The molecule has 1 amide bonds. The van der Waals surface area contributed by atoms with Gasteiger partial charge in [0, 0.05) is 0 Å². The molecule has 2 N–H and O–H groups in total. The summed E-state index contributed by atoms with van der Waals surface area (Å²) in [5, 5.41) is 12.2. The van der Waals surface area contributed by atoms with Gasteiger partial charge in [0.05, 0.1) is 12.5 Å². The predicted octanol–water partition coefficient (Wildman–Crippen LogP) is -0.0316. The number of β-lactam (4-membered cyclic amide) rings is 1. The standard InChI is InChI=1S/C14H23NO6/c1-6(2)8-11(17)15-12(8)19-9-7(5-16)18-13-10(9)20-14(3,4)21-13/h6-10,12-13,16H,5H2,1-4H3,(H,15,17)/t7-,8+,9+,10-,12-,13-/m1/s1. The first-order chi connectivity index (χ1) is 9.82. The van der Waals surface area contributed by atoms with Crippen molar-refractivity contribution in [1.82, 2.24) is 5.32 Å². The summed E-state index contributed by atoms with van der Waals surface area (Å²) in [4.78, 5) is 11.6. The second kappa shape index (κ2) is 5.17. The Kier molecular flexibility index (Phi) is 3.74. The summed E-state index contributed by atoms with van der Waals surface area (Å²) in [6, 6.07) is 0. The maximum Gasteiger partial charge on any atom is 0.229 e. The van der Waals surface area contributed by atoms with Crippen LogP contribution in [0.4, 0.5) is 0 Å². The molecule has 7 nitrogen and oxygen atoms in total. The van der Waals surface area contributed by atoms with E-state index in [-0.39, 0.29) is 30.6 Å². The van der Waals surface area contributed by atoms with Crippen molar-refractivity contribution < 1.29 is 28.8 Å². The minimum atomic E-state index is -0.738. The Hall–Kier alpha value is -0.730. The zero-order valence-electron chi connectivity index (χ0n) is 12.7. The van der Waals surface area contributed by atoms with E-state index in [0.29, 0.717) is 0 Å². The van der Waals surface area contributed by atoms with E-state index in [9.17, 15) is 9.90 Å². The summed E-state index contributed by atoms with van der Waals surface area (Å²) in [7, 11) is 0. The van der Waals surface area contributed by atoms with Gasteiger partial charge in [0.25, 0.3) is 0 Å². The van der Waals surface area contributed by atoms with Gasteiger partial charge >= 0.3 is 0 Å². The molecule has 0 aromatic carbocycles. The smallest absolute Gasteiger partial charge is 0.229 e. The highest BCUT2D eigenvalue weighted by molar-refractivity contribution is 5.85. The third-order valence-corrected chi connectivity index (χ3v) is 4.20. The van der Waals surface area contributed by atoms with Crippen molar-refractivity contribution in [3.05, 3.63) is 0 Å². The lowest BCUT2D eigenvalue weighted by atomic mass is 9.87.